The van der Waals surface area contributed by atoms with Gasteiger partial charge >= 0.3 is 5.97 Å². The van der Waals surface area contributed by atoms with E-state index in [0.29, 0.717) is 27.8 Å². The number of rotatable bonds is 6. The van der Waals surface area contributed by atoms with E-state index in [1.54, 1.807) is 24.3 Å². The Balaban J connectivity index is 1.93. The first-order chi connectivity index (χ1) is 14.0. The Bertz CT molecular complexity index is 1060. The van der Waals surface area contributed by atoms with Crippen LogP contribution in [0.25, 0.3) is 11.3 Å². The number of carbonyl (C=O) groups excluding carboxylic acids is 2. The van der Waals surface area contributed by atoms with Gasteiger partial charge in [-0.25, -0.2) is 4.79 Å². The van der Waals surface area contributed by atoms with Crippen LogP contribution >= 0.6 is 11.6 Å². The molecule has 1 aromatic heterocycles. The van der Waals surface area contributed by atoms with Gasteiger partial charge < -0.3 is 23.9 Å². The van der Waals surface area contributed by atoms with Crippen molar-refractivity contribution < 1.29 is 28.2 Å². The zero-order valence-corrected chi connectivity index (χ0v) is 16.7. The van der Waals surface area contributed by atoms with Crippen molar-refractivity contribution in [2.24, 2.45) is 0 Å². The number of halogens is 1. The van der Waals surface area contributed by atoms with Crippen LogP contribution < -0.4 is 14.8 Å². The van der Waals surface area contributed by atoms with Crippen LogP contribution in [0.5, 0.6) is 11.5 Å². The van der Waals surface area contributed by atoms with Crippen LogP contribution in [0.15, 0.2) is 52.9 Å². The highest BCUT2D eigenvalue weighted by molar-refractivity contribution is 6.33. The number of carbonyl (C=O) groups is 2. The molecule has 8 heteroatoms. The average Bonchev–Trinajstić information content (AvgIpc) is 3.23. The van der Waals surface area contributed by atoms with Gasteiger partial charge in [-0.05, 0) is 24.3 Å². The molecule has 0 atom stereocenters. The van der Waals surface area contributed by atoms with Crippen molar-refractivity contribution in [2.75, 3.05) is 26.6 Å². The van der Waals surface area contributed by atoms with Gasteiger partial charge in [0.15, 0.2) is 17.3 Å². The Hall–Kier alpha value is -3.45. The van der Waals surface area contributed by atoms with Crippen molar-refractivity contribution in [3.63, 3.8) is 0 Å². The molecular weight excluding hydrogens is 398 g/mol. The number of hydrogen-bond acceptors (Lipinski definition) is 6. The predicted octanol–water partition coefficient (Wildman–Crippen LogP) is 4.66. The predicted molar refractivity (Wildman–Crippen MR) is 108 cm³/mol. The van der Waals surface area contributed by atoms with E-state index in [0.717, 1.165) is 0 Å². The lowest BCUT2D eigenvalue weighted by atomic mass is 10.1. The SMILES string of the molecule is COC(=O)c1cc(OC)c(OC)cc1NC(=O)c1ccc(-c2ccccc2Cl)o1. The number of methoxy groups -OCH3 is 3. The number of nitrogens with one attached hydrogen (secondary N) is 1. The van der Waals surface area contributed by atoms with E-state index in [1.165, 1.54) is 39.5 Å². The summed E-state index contributed by atoms with van der Waals surface area (Å²) in [7, 11) is 4.13. The van der Waals surface area contributed by atoms with Gasteiger partial charge in [0.25, 0.3) is 5.91 Å². The molecule has 0 aliphatic heterocycles. The summed E-state index contributed by atoms with van der Waals surface area (Å²) in [4.78, 5) is 24.8. The van der Waals surface area contributed by atoms with E-state index in [1.807, 2.05) is 6.07 Å². The van der Waals surface area contributed by atoms with Crippen molar-refractivity contribution in [1.82, 2.24) is 0 Å². The van der Waals surface area contributed by atoms with Gasteiger partial charge in [-0.2, -0.15) is 0 Å². The highest BCUT2D eigenvalue weighted by Crippen LogP contribution is 2.34. The van der Waals surface area contributed by atoms with Crippen LogP contribution in [-0.2, 0) is 4.74 Å². The minimum atomic E-state index is -0.641. The highest BCUT2D eigenvalue weighted by Gasteiger charge is 2.21. The van der Waals surface area contributed by atoms with Crippen molar-refractivity contribution >= 4 is 29.2 Å². The van der Waals surface area contributed by atoms with E-state index in [4.69, 9.17) is 30.2 Å². The summed E-state index contributed by atoms with van der Waals surface area (Å²) in [5, 5.41) is 3.15. The van der Waals surface area contributed by atoms with E-state index in [2.05, 4.69) is 5.32 Å². The summed E-state index contributed by atoms with van der Waals surface area (Å²) >= 11 is 6.17. The van der Waals surface area contributed by atoms with Gasteiger partial charge in [0.05, 0.1) is 37.6 Å². The molecule has 7 nitrogen and oxygen atoms in total. The van der Waals surface area contributed by atoms with Crippen molar-refractivity contribution in [3.8, 4) is 22.8 Å². The summed E-state index contributed by atoms with van der Waals surface area (Å²) in [6.45, 7) is 0. The highest BCUT2D eigenvalue weighted by atomic mass is 35.5. The summed E-state index contributed by atoms with van der Waals surface area (Å²) < 4.78 is 20.9. The number of amides is 1. The lowest BCUT2D eigenvalue weighted by Gasteiger charge is -2.14. The molecular formula is C21H18ClNO6. The molecule has 29 heavy (non-hydrogen) atoms. The molecule has 1 amide bonds. The van der Waals surface area contributed by atoms with E-state index >= 15 is 0 Å². The zero-order valence-electron chi connectivity index (χ0n) is 15.9. The molecule has 0 fully saturated rings. The van der Waals surface area contributed by atoms with Crippen LogP contribution in [-0.4, -0.2) is 33.2 Å². The maximum atomic E-state index is 12.7. The normalized spacial score (nSPS) is 10.3. The fraction of sp³-hybridized carbons (Fsp3) is 0.143. The minimum Gasteiger partial charge on any atom is -0.493 e. The molecule has 2 aromatic carbocycles. The molecule has 3 aromatic rings. The third kappa shape index (κ3) is 4.20. The number of hydrogen-bond donors (Lipinski definition) is 1. The number of ether oxygens (including phenoxy) is 3. The van der Waals surface area contributed by atoms with Gasteiger partial charge in [-0.1, -0.05) is 23.7 Å². The lowest BCUT2D eigenvalue weighted by Crippen LogP contribution is -2.15. The molecule has 3 rings (SSSR count). The Morgan fingerprint density at radius 1 is 0.966 bits per heavy atom. The number of anilines is 1. The molecule has 0 spiro atoms. The van der Waals surface area contributed by atoms with E-state index < -0.39 is 11.9 Å². The summed E-state index contributed by atoms with van der Waals surface area (Å²) in [6.07, 6.45) is 0. The smallest absolute Gasteiger partial charge is 0.340 e. The molecule has 0 radical (unpaired) electrons. The number of esters is 1. The second kappa shape index (κ2) is 8.70. The first-order valence-electron chi connectivity index (χ1n) is 8.49. The van der Waals surface area contributed by atoms with Crippen LogP contribution in [0.4, 0.5) is 5.69 Å². The molecule has 0 bridgehead atoms. The minimum absolute atomic E-state index is 0.0468. The number of furan rings is 1. The average molecular weight is 416 g/mol. The molecule has 150 valence electrons. The van der Waals surface area contributed by atoms with Gasteiger partial charge in [0.2, 0.25) is 0 Å². The monoisotopic (exact) mass is 415 g/mol. The molecule has 1 heterocycles. The van der Waals surface area contributed by atoms with Gasteiger partial charge in [0.1, 0.15) is 5.76 Å². The fourth-order valence-electron chi connectivity index (χ4n) is 2.71. The van der Waals surface area contributed by atoms with Crippen LogP contribution in [0, 0.1) is 0 Å². The number of benzene rings is 2. The van der Waals surface area contributed by atoms with Crippen molar-refractivity contribution in [2.45, 2.75) is 0 Å². The molecule has 0 unspecified atom stereocenters. The van der Waals surface area contributed by atoms with Crippen LogP contribution in [0.1, 0.15) is 20.9 Å². The third-order valence-corrected chi connectivity index (χ3v) is 4.48. The third-order valence-electron chi connectivity index (χ3n) is 4.15. The quantitative estimate of drug-likeness (QED) is 0.589. The van der Waals surface area contributed by atoms with E-state index in [9.17, 15) is 9.59 Å². The summed E-state index contributed by atoms with van der Waals surface area (Å²) in [6, 6.07) is 13.2. The Labute approximate surface area is 172 Å². The topological polar surface area (TPSA) is 87.0 Å². The van der Waals surface area contributed by atoms with Crippen LogP contribution in [0.2, 0.25) is 5.02 Å². The largest absolute Gasteiger partial charge is 0.493 e. The molecule has 0 aliphatic carbocycles. The Morgan fingerprint density at radius 3 is 2.31 bits per heavy atom. The maximum Gasteiger partial charge on any atom is 0.340 e. The summed E-state index contributed by atoms with van der Waals surface area (Å²) in [5.74, 6) is -0.0403. The van der Waals surface area contributed by atoms with Crippen molar-refractivity contribution in [1.29, 1.82) is 0 Å². The zero-order chi connectivity index (χ0) is 21.0. The fourth-order valence-corrected chi connectivity index (χ4v) is 2.94. The second-order valence-electron chi connectivity index (χ2n) is 5.84. The molecule has 1 N–H and O–H groups in total. The lowest BCUT2D eigenvalue weighted by molar-refractivity contribution is 0.0601. The first-order valence-corrected chi connectivity index (χ1v) is 8.86. The summed E-state index contributed by atoms with van der Waals surface area (Å²) in [5.41, 5.74) is 0.959. The second-order valence-corrected chi connectivity index (χ2v) is 6.25. The van der Waals surface area contributed by atoms with Gasteiger partial charge in [0, 0.05) is 17.7 Å². The first kappa shape index (κ1) is 20.3. The molecule has 0 saturated heterocycles. The van der Waals surface area contributed by atoms with Gasteiger partial charge in [-0.3, -0.25) is 4.79 Å². The Kier molecular flexibility index (Phi) is 6.09. The van der Waals surface area contributed by atoms with Crippen molar-refractivity contribution in [3.05, 3.63) is 64.9 Å². The van der Waals surface area contributed by atoms with Gasteiger partial charge in [-0.15, -0.1) is 0 Å². The molecule has 0 saturated carbocycles. The maximum absolute atomic E-state index is 12.7. The van der Waals surface area contributed by atoms with Crippen LogP contribution in [0.3, 0.4) is 0 Å². The molecule has 0 aliphatic rings. The standard InChI is InChI=1S/C21H18ClNO6/c1-26-18-10-13(21(25)28-3)15(11-19(18)27-2)23-20(24)17-9-8-16(29-17)12-6-4-5-7-14(12)22/h4-11H,1-3H3,(H,23,24). The Morgan fingerprint density at radius 2 is 1.66 bits per heavy atom. The van der Waals surface area contributed by atoms with E-state index in [-0.39, 0.29) is 17.0 Å².